The summed E-state index contributed by atoms with van der Waals surface area (Å²) in [6, 6.07) is -0.579. The molecule has 1 heterocycles. The van der Waals surface area contributed by atoms with Crippen molar-refractivity contribution in [2.24, 2.45) is 5.92 Å². The van der Waals surface area contributed by atoms with E-state index in [4.69, 9.17) is 5.11 Å². The molecule has 1 atom stereocenters. The quantitative estimate of drug-likeness (QED) is 0.738. The molecule has 0 radical (unpaired) electrons. The van der Waals surface area contributed by atoms with Crippen LogP contribution >= 0.6 is 0 Å². The number of nitrogens with zero attached hydrogens (tertiary/aromatic N) is 3. The Bertz CT molecular complexity index is 348. The highest BCUT2D eigenvalue weighted by molar-refractivity contribution is 5.72. The van der Waals surface area contributed by atoms with Crippen molar-refractivity contribution in [3.63, 3.8) is 0 Å². The second-order valence-electron chi connectivity index (χ2n) is 4.19. The van der Waals surface area contributed by atoms with Crippen LogP contribution in [0.2, 0.25) is 0 Å². The van der Waals surface area contributed by atoms with Crippen LogP contribution in [0.5, 0.6) is 0 Å². The number of rotatable bonds is 6. The fourth-order valence-electron chi connectivity index (χ4n) is 1.26. The van der Waals surface area contributed by atoms with Crippen LogP contribution in [0.1, 0.15) is 26.6 Å². The Kier molecular flexibility index (Phi) is 4.42. The van der Waals surface area contributed by atoms with E-state index in [0.717, 1.165) is 12.4 Å². The van der Waals surface area contributed by atoms with Gasteiger partial charge in [-0.25, -0.2) is 9.67 Å². The number of carbonyl (C=O) groups is 1. The SMILES string of the molecule is CC(C)Cn1ncnc1CNC(C)C(=O)O. The average Bonchev–Trinajstić information content (AvgIpc) is 2.60. The van der Waals surface area contributed by atoms with Gasteiger partial charge in [0.05, 0.1) is 6.54 Å². The molecule has 1 aromatic heterocycles. The minimum absolute atomic E-state index is 0.417. The number of nitrogens with one attached hydrogen (secondary N) is 1. The van der Waals surface area contributed by atoms with Gasteiger partial charge in [-0.3, -0.25) is 10.1 Å². The number of hydrogen-bond acceptors (Lipinski definition) is 4. The lowest BCUT2D eigenvalue weighted by molar-refractivity contribution is -0.139. The molecular formula is C10H18N4O2. The van der Waals surface area contributed by atoms with Gasteiger partial charge < -0.3 is 5.11 Å². The third kappa shape index (κ3) is 3.62. The summed E-state index contributed by atoms with van der Waals surface area (Å²) >= 11 is 0. The summed E-state index contributed by atoms with van der Waals surface area (Å²) in [5, 5.41) is 15.7. The van der Waals surface area contributed by atoms with Crippen LogP contribution in [0.3, 0.4) is 0 Å². The summed E-state index contributed by atoms with van der Waals surface area (Å²) in [6.45, 7) is 7.00. The Labute approximate surface area is 94.7 Å². The van der Waals surface area contributed by atoms with Crippen LogP contribution in [0.15, 0.2) is 6.33 Å². The number of carboxylic acid groups (broad SMARTS) is 1. The third-order valence-corrected chi connectivity index (χ3v) is 2.17. The molecule has 90 valence electrons. The minimum atomic E-state index is -0.866. The first-order valence-corrected chi connectivity index (χ1v) is 5.33. The van der Waals surface area contributed by atoms with E-state index in [1.54, 1.807) is 11.6 Å². The van der Waals surface area contributed by atoms with Gasteiger partial charge in [0.1, 0.15) is 18.2 Å². The molecule has 0 bridgehead atoms. The predicted octanol–water partition coefficient (Wildman–Crippen LogP) is 0.497. The molecule has 0 aliphatic carbocycles. The second kappa shape index (κ2) is 5.60. The molecular weight excluding hydrogens is 208 g/mol. The molecule has 0 spiro atoms. The first-order chi connectivity index (χ1) is 7.50. The molecule has 0 amide bonds. The molecule has 1 aromatic rings. The summed E-state index contributed by atoms with van der Waals surface area (Å²) in [7, 11) is 0. The van der Waals surface area contributed by atoms with Gasteiger partial charge in [0.2, 0.25) is 0 Å². The normalized spacial score (nSPS) is 13.0. The molecule has 0 saturated heterocycles. The molecule has 0 aromatic carbocycles. The largest absolute Gasteiger partial charge is 0.480 e. The summed E-state index contributed by atoms with van der Waals surface area (Å²) in [5.74, 6) is 0.383. The van der Waals surface area contributed by atoms with Crippen molar-refractivity contribution in [3.8, 4) is 0 Å². The highest BCUT2D eigenvalue weighted by atomic mass is 16.4. The summed E-state index contributed by atoms with van der Waals surface area (Å²) < 4.78 is 1.80. The number of carboxylic acids is 1. The molecule has 0 aliphatic heterocycles. The third-order valence-electron chi connectivity index (χ3n) is 2.17. The maximum atomic E-state index is 10.6. The van der Waals surface area contributed by atoms with Gasteiger partial charge in [-0.1, -0.05) is 13.8 Å². The Morgan fingerprint density at radius 1 is 1.56 bits per heavy atom. The molecule has 0 fully saturated rings. The van der Waals surface area contributed by atoms with Crippen molar-refractivity contribution in [3.05, 3.63) is 12.2 Å². The number of aromatic nitrogens is 3. The molecule has 0 aliphatic rings. The first kappa shape index (κ1) is 12.6. The maximum absolute atomic E-state index is 10.6. The van der Waals surface area contributed by atoms with Gasteiger partial charge in [-0.05, 0) is 12.8 Å². The Morgan fingerprint density at radius 2 is 2.25 bits per heavy atom. The van der Waals surface area contributed by atoms with Crippen LogP contribution in [-0.4, -0.2) is 31.9 Å². The zero-order valence-electron chi connectivity index (χ0n) is 9.84. The van der Waals surface area contributed by atoms with Gasteiger partial charge >= 0.3 is 5.97 Å². The van der Waals surface area contributed by atoms with Crippen molar-refractivity contribution in [2.45, 2.75) is 39.9 Å². The molecule has 0 saturated carbocycles. The lowest BCUT2D eigenvalue weighted by Gasteiger charge is -2.11. The summed E-state index contributed by atoms with van der Waals surface area (Å²) in [5.41, 5.74) is 0. The van der Waals surface area contributed by atoms with Crippen LogP contribution in [0, 0.1) is 5.92 Å². The fourth-order valence-corrected chi connectivity index (χ4v) is 1.26. The van der Waals surface area contributed by atoms with Crippen molar-refractivity contribution in [2.75, 3.05) is 0 Å². The van der Waals surface area contributed by atoms with E-state index in [-0.39, 0.29) is 0 Å². The fraction of sp³-hybridized carbons (Fsp3) is 0.700. The summed E-state index contributed by atoms with van der Waals surface area (Å²) in [4.78, 5) is 14.7. The monoisotopic (exact) mass is 226 g/mol. The second-order valence-corrected chi connectivity index (χ2v) is 4.19. The zero-order valence-corrected chi connectivity index (χ0v) is 9.84. The maximum Gasteiger partial charge on any atom is 0.320 e. The highest BCUT2D eigenvalue weighted by Crippen LogP contribution is 2.01. The van der Waals surface area contributed by atoms with Crippen molar-refractivity contribution in [1.29, 1.82) is 0 Å². The zero-order chi connectivity index (χ0) is 12.1. The van der Waals surface area contributed by atoms with Crippen molar-refractivity contribution in [1.82, 2.24) is 20.1 Å². The smallest absolute Gasteiger partial charge is 0.320 e. The van der Waals surface area contributed by atoms with Crippen LogP contribution in [0.4, 0.5) is 0 Å². The standard InChI is InChI=1S/C10H18N4O2/c1-7(2)5-14-9(12-6-13-14)4-11-8(3)10(15)16/h6-8,11H,4-5H2,1-3H3,(H,15,16). The van der Waals surface area contributed by atoms with E-state index < -0.39 is 12.0 Å². The lowest BCUT2D eigenvalue weighted by Crippen LogP contribution is -2.34. The van der Waals surface area contributed by atoms with Crippen LogP contribution in [0.25, 0.3) is 0 Å². The number of aliphatic carboxylic acids is 1. The predicted molar refractivity (Wildman–Crippen MR) is 58.8 cm³/mol. The molecule has 1 unspecified atom stereocenters. The molecule has 6 nitrogen and oxygen atoms in total. The molecule has 16 heavy (non-hydrogen) atoms. The Balaban J connectivity index is 2.53. The van der Waals surface area contributed by atoms with E-state index in [1.165, 1.54) is 6.33 Å². The van der Waals surface area contributed by atoms with Gasteiger partial charge in [-0.2, -0.15) is 5.10 Å². The Hall–Kier alpha value is -1.43. The van der Waals surface area contributed by atoms with E-state index in [1.807, 2.05) is 0 Å². The topological polar surface area (TPSA) is 80.0 Å². The highest BCUT2D eigenvalue weighted by Gasteiger charge is 2.12. The van der Waals surface area contributed by atoms with E-state index >= 15 is 0 Å². The minimum Gasteiger partial charge on any atom is -0.480 e. The Morgan fingerprint density at radius 3 is 2.81 bits per heavy atom. The van der Waals surface area contributed by atoms with Gasteiger partial charge in [0, 0.05) is 6.54 Å². The molecule has 1 rings (SSSR count). The van der Waals surface area contributed by atoms with Gasteiger partial charge in [0.15, 0.2) is 0 Å². The molecule has 2 N–H and O–H groups in total. The lowest BCUT2D eigenvalue weighted by atomic mass is 10.2. The molecule has 6 heteroatoms. The van der Waals surface area contributed by atoms with Crippen LogP contribution in [-0.2, 0) is 17.9 Å². The van der Waals surface area contributed by atoms with E-state index in [9.17, 15) is 4.79 Å². The van der Waals surface area contributed by atoms with E-state index in [0.29, 0.717) is 12.5 Å². The first-order valence-electron chi connectivity index (χ1n) is 5.33. The van der Waals surface area contributed by atoms with Crippen molar-refractivity contribution < 1.29 is 9.90 Å². The summed E-state index contributed by atoms with van der Waals surface area (Å²) in [6.07, 6.45) is 1.49. The van der Waals surface area contributed by atoms with Gasteiger partial charge in [0.25, 0.3) is 0 Å². The van der Waals surface area contributed by atoms with E-state index in [2.05, 4.69) is 29.2 Å². The van der Waals surface area contributed by atoms with Crippen molar-refractivity contribution >= 4 is 5.97 Å². The average molecular weight is 226 g/mol. The number of hydrogen-bond donors (Lipinski definition) is 2. The van der Waals surface area contributed by atoms with Crippen LogP contribution < -0.4 is 5.32 Å². The van der Waals surface area contributed by atoms with Gasteiger partial charge in [-0.15, -0.1) is 0 Å².